The Morgan fingerprint density at radius 3 is 1.51 bits per heavy atom. The standard InChI is InChI=1S/C42H82NO7P/c1-6-8-10-12-14-16-18-20-21-22-24-26-28-30-32-34-37-47-39-41(40-49-51(45,46)48-38-36-43(3,4)5)50-42(44)35-33-31-29-27-25-23-19-17-15-13-11-9-7-2/h17,19-21,41H,6-16,18,22-40H2,1-5H3/b19-17-,21-20-. The van der Waals surface area contributed by atoms with Crippen molar-refractivity contribution >= 4 is 13.8 Å². The van der Waals surface area contributed by atoms with Crippen molar-refractivity contribution in [2.45, 2.75) is 187 Å². The molecule has 0 bridgehead atoms. The number of carbonyl (C=O) groups is 1. The van der Waals surface area contributed by atoms with Gasteiger partial charge in [-0.2, -0.15) is 0 Å². The highest BCUT2D eigenvalue weighted by atomic mass is 31.2. The van der Waals surface area contributed by atoms with E-state index >= 15 is 0 Å². The van der Waals surface area contributed by atoms with Crippen molar-refractivity contribution in [2.24, 2.45) is 0 Å². The first kappa shape index (κ1) is 50.0. The Labute approximate surface area is 315 Å². The number of rotatable bonds is 39. The zero-order chi connectivity index (χ0) is 37.7. The number of esters is 1. The van der Waals surface area contributed by atoms with Crippen LogP contribution in [0.4, 0.5) is 0 Å². The third-order valence-electron chi connectivity index (χ3n) is 8.98. The molecule has 302 valence electrons. The van der Waals surface area contributed by atoms with Gasteiger partial charge in [-0.1, -0.05) is 134 Å². The fourth-order valence-corrected chi connectivity index (χ4v) is 6.38. The highest BCUT2D eigenvalue weighted by Crippen LogP contribution is 2.38. The molecule has 2 atom stereocenters. The lowest BCUT2D eigenvalue weighted by Crippen LogP contribution is -2.37. The average Bonchev–Trinajstić information content (AvgIpc) is 3.08. The zero-order valence-electron chi connectivity index (χ0n) is 34.1. The average molecular weight is 744 g/mol. The fourth-order valence-electron chi connectivity index (χ4n) is 5.65. The van der Waals surface area contributed by atoms with Gasteiger partial charge in [-0.15, -0.1) is 0 Å². The number of phosphoric acid groups is 1. The lowest BCUT2D eigenvalue weighted by atomic mass is 10.1. The van der Waals surface area contributed by atoms with E-state index in [1.54, 1.807) is 0 Å². The molecule has 0 aromatic rings. The van der Waals surface area contributed by atoms with Crippen LogP contribution in [0.1, 0.15) is 181 Å². The maximum Gasteiger partial charge on any atom is 0.306 e. The minimum atomic E-state index is -4.52. The summed E-state index contributed by atoms with van der Waals surface area (Å²) in [7, 11) is 1.35. The van der Waals surface area contributed by atoms with E-state index in [2.05, 4.69) is 38.2 Å². The Bertz CT molecular complexity index is 874. The molecule has 0 fully saturated rings. The van der Waals surface area contributed by atoms with Gasteiger partial charge < -0.3 is 27.9 Å². The van der Waals surface area contributed by atoms with Gasteiger partial charge in [0.2, 0.25) is 0 Å². The number of unbranched alkanes of at least 4 members (excludes halogenated alkanes) is 21. The largest absolute Gasteiger partial charge is 0.756 e. The fraction of sp³-hybridized carbons (Fsp3) is 0.881. The molecule has 2 unspecified atom stereocenters. The topological polar surface area (TPSA) is 94.1 Å². The zero-order valence-corrected chi connectivity index (χ0v) is 35.0. The monoisotopic (exact) mass is 744 g/mol. The van der Waals surface area contributed by atoms with Crippen LogP contribution in [0.3, 0.4) is 0 Å². The summed E-state index contributed by atoms with van der Waals surface area (Å²) in [5.74, 6) is -0.345. The van der Waals surface area contributed by atoms with Gasteiger partial charge in [0.25, 0.3) is 7.82 Å². The predicted octanol–water partition coefficient (Wildman–Crippen LogP) is 11.4. The van der Waals surface area contributed by atoms with Crippen LogP contribution in [-0.2, 0) is 27.9 Å². The van der Waals surface area contributed by atoms with Crippen LogP contribution in [0.5, 0.6) is 0 Å². The van der Waals surface area contributed by atoms with Crippen LogP contribution in [0, 0.1) is 0 Å². The summed E-state index contributed by atoms with van der Waals surface area (Å²) in [5.41, 5.74) is 0. The van der Waals surface area contributed by atoms with E-state index in [4.69, 9.17) is 18.5 Å². The quantitative estimate of drug-likeness (QED) is 0.0203. The van der Waals surface area contributed by atoms with E-state index in [0.29, 0.717) is 24.1 Å². The second-order valence-corrected chi connectivity index (χ2v) is 16.8. The number of nitrogens with zero attached hydrogens (tertiary/aromatic N) is 1. The number of likely N-dealkylation sites (N-methyl/N-ethyl adjacent to an activating group) is 1. The number of carbonyl (C=O) groups excluding carboxylic acids is 1. The first-order valence-corrected chi connectivity index (χ1v) is 22.5. The van der Waals surface area contributed by atoms with Crippen LogP contribution < -0.4 is 4.89 Å². The Morgan fingerprint density at radius 1 is 0.588 bits per heavy atom. The molecule has 0 saturated carbocycles. The predicted molar refractivity (Wildman–Crippen MR) is 213 cm³/mol. The number of ether oxygens (including phenoxy) is 2. The molecule has 0 amide bonds. The Morgan fingerprint density at radius 2 is 1.02 bits per heavy atom. The van der Waals surface area contributed by atoms with Gasteiger partial charge in [-0.3, -0.25) is 9.36 Å². The molecule has 0 aromatic carbocycles. The summed E-state index contributed by atoms with van der Waals surface area (Å²) < 4.78 is 34.5. The van der Waals surface area contributed by atoms with Gasteiger partial charge in [0.1, 0.15) is 19.3 Å². The van der Waals surface area contributed by atoms with E-state index in [9.17, 15) is 14.3 Å². The molecule has 0 rings (SSSR count). The number of hydrogen-bond donors (Lipinski definition) is 0. The van der Waals surface area contributed by atoms with E-state index in [1.807, 2.05) is 21.1 Å². The molecule has 0 aliphatic carbocycles. The lowest BCUT2D eigenvalue weighted by Gasteiger charge is -2.28. The molecule has 0 aliphatic rings. The third-order valence-corrected chi connectivity index (χ3v) is 9.94. The SMILES string of the molecule is CCCCCC/C=C\CCCCCCCC(=O)OC(COCCCCCCCC/C=C\CCCCCCCC)COP(=O)([O-])OCC[N+](C)(C)C. The second-order valence-electron chi connectivity index (χ2n) is 15.3. The molecule has 0 radical (unpaired) electrons. The maximum atomic E-state index is 12.6. The molecule has 0 saturated heterocycles. The second kappa shape index (κ2) is 36.0. The van der Waals surface area contributed by atoms with E-state index < -0.39 is 13.9 Å². The molecule has 9 heteroatoms. The first-order valence-electron chi connectivity index (χ1n) is 21.1. The number of allylic oxidation sites excluding steroid dienone is 4. The minimum absolute atomic E-state index is 0.0243. The number of quaternary nitrogens is 1. The molecule has 8 nitrogen and oxygen atoms in total. The Balaban J connectivity index is 4.26. The summed E-state index contributed by atoms with van der Waals surface area (Å²) in [6.07, 6.45) is 38.9. The van der Waals surface area contributed by atoms with Gasteiger partial charge in [-0.05, 0) is 64.2 Å². The van der Waals surface area contributed by atoms with E-state index in [1.165, 1.54) is 116 Å². The van der Waals surface area contributed by atoms with Crippen molar-refractivity contribution < 1.29 is 37.3 Å². The molecule has 0 aromatic heterocycles. The molecule has 0 heterocycles. The van der Waals surface area contributed by atoms with Crippen molar-refractivity contribution in [3.63, 3.8) is 0 Å². The molecule has 0 aliphatic heterocycles. The summed E-state index contributed by atoms with van der Waals surface area (Å²) >= 11 is 0. The Hall–Kier alpha value is -1.02. The number of hydrogen-bond acceptors (Lipinski definition) is 7. The Kier molecular flexibility index (Phi) is 35.3. The third kappa shape index (κ3) is 40.0. The lowest BCUT2D eigenvalue weighted by molar-refractivity contribution is -0.870. The van der Waals surface area contributed by atoms with Gasteiger partial charge in [0.15, 0.2) is 0 Å². The molecule has 0 N–H and O–H groups in total. The van der Waals surface area contributed by atoms with Crippen LogP contribution in [0.2, 0.25) is 0 Å². The minimum Gasteiger partial charge on any atom is -0.756 e. The number of phosphoric ester groups is 1. The van der Waals surface area contributed by atoms with Crippen LogP contribution >= 0.6 is 7.82 Å². The van der Waals surface area contributed by atoms with Crippen molar-refractivity contribution in [3.8, 4) is 0 Å². The molecular weight excluding hydrogens is 661 g/mol. The molecule has 0 spiro atoms. The van der Waals surface area contributed by atoms with Gasteiger partial charge in [0.05, 0.1) is 34.4 Å². The van der Waals surface area contributed by atoms with Gasteiger partial charge in [-0.25, -0.2) is 0 Å². The van der Waals surface area contributed by atoms with Crippen molar-refractivity contribution in [1.82, 2.24) is 0 Å². The van der Waals surface area contributed by atoms with Crippen molar-refractivity contribution in [3.05, 3.63) is 24.3 Å². The van der Waals surface area contributed by atoms with Gasteiger partial charge in [0, 0.05) is 13.0 Å². The van der Waals surface area contributed by atoms with Crippen molar-refractivity contribution in [1.29, 1.82) is 0 Å². The van der Waals surface area contributed by atoms with E-state index in [0.717, 1.165) is 44.9 Å². The highest BCUT2D eigenvalue weighted by molar-refractivity contribution is 7.45. The molecular formula is C42H82NO7P. The first-order chi connectivity index (χ1) is 24.6. The highest BCUT2D eigenvalue weighted by Gasteiger charge is 2.20. The van der Waals surface area contributed by atoms with Crippen molar-refractivity contribution in [2.75, 3.05) is 54.1 Å². The summed E-state index contributed by atoms with van der Waals surface area (Å²) in [4.78, 5) is 25.0. The summed E-state index contributed by atoms with van der Waals surface area (Å²) in [5, 5.41) is 0. The van der Waals surface area contributed by atoms with Crippen LogP contribution in [-0.4, -0.2) is 70.7 Å². The van der Waals surface area contributed by atoms with Gasteiger partial charge >= 0.3 is 5.97 Å². The van der Waals surface area contributed by atoms with E-state index in [-0.39, 0.29) is 25.8 Å². The normalized spacial score (nSPS) is 14.1. The van der Waals surface area contributed by atoms with Crippen LogP contribution in [0.15, 0.2) is 24.3 Å². The summed E-state index contributed by atoms with van der Waals surface area (Å²) in [6.45, 7) is 5.37. The smallest absolute Gasteiger partial charge is 0.306 e. The van der Waals surface area contributed by atoms with Crippen LogP contribution in [0.25, 0.3) is 0 Å². The summed E-state index contributed by atoms with van der Waals surface area (Å²) in [6, 6.07) is 0. The maximum absolute atomic E-state index is 12.6. The molecule has 51 heavy (non-hydrogen) atoms.